The van der Waals surface area contributed by atoms with Gasteiger partial charge in [-0.25, -0.2) is 0 Å². The first-order chi connectivity index (χ1) is 13.2. The Balaban J connectivity index is 2.32. The Morgan fingerprint density at radius 1 is 1.18 bits per heavy atom. The zero-order chi connectivity index (χ0) is 20.8. The van der Waals surface area contributed by atoms with Crippen LogP contribution in [0.4, 0.5) is 10.7 Å². The number of carbonyl (C=O) groups is 2. The molecule has 1 heterocycles. The zero-order valence-electron chi connectivity index (χ0n) is 15.0. The Bertz CT molecular complexity index is 910. The van der Waals surface area contributed by atoms with Gasteiger partial charge >= 0.3 is 11.0 Å². The summed E-state index contributed by atoms with van der Waals surface area (Å²) in [6.07, 6.45) is -0.727. The molecule has 1 amide bonds. The van der Waals surface area contributed by atoms with Crippen LogP contribution in [0.5, 0.6) is 0 Å². The third-order valence-electron chi connectivity index (χ3n) is 3.58. The molecule has 148 valence electrons. The lowest BCUT2D eigenvalue weighted by Gasteiger charge is -2.19. The summed E-state index contributed by atoms with van der Waals surface area (Å²) in [5.41, 5.74) is -0.106. The van der Waals surface area contributed by atoms with Crippen molar-refractivity contribution in [3.63, 3.8) is 0 Å². The molecule has 0 aliphatic rings. The molecule has 0 aliphatic heterocycles. The Kier molecular flexibility index (Phi) is 6.77. The van der Waals surface area contributed by atoms with Gasteiger partial charge in [0.15, 0.2) is 0 Å². The first-order valence-electron chi connectivity index (χ1n) is 8.15. The monoisotopic (exact) mass is 407 g/mol. The molecule has 0 aliphatic carbocycles. The number of carbonyl (C=O) groups excluding carboxylic acids is 2. The van der Waals surface area contributed by atoms with Crippen molar-refractivity contribution in [3.05, 3.63) is 67.1 Å². The van der Waals surface area contributed by atoms with E-state index in [4.69, 9.17) is 4.74 Å². The summed E-state index contributed by atoms with van der Waals surface area (Å²) < 4.78 is 5.08. The third kappa shape index (κ3) is 5.33. The first kappa shape index (κ1) is 21.0. The molecule has 2 aromatic rings. The largest absolute Gasteiger partial charge is 0.463 e. The van der Waals surface area contributed by atoms with Crippen LogP contribution in [0.15, 0.2) is 35.7 Å². The predicted molar refractivity (Wildman–Crippen MR) is 100 cm³/mol. The summed E-state index contributed by atoms with van der Waals surface area (Å²) in [6, 6.07) is 5.77. The molecule has 28 heavy (non-hydrogen) atoms. The standard InChI is InChI=1S/C17H17N3O7S/c1-10(2)27-16(21)8-13(12-5-3-4-6-14(12)19(23)24)18-17(22)11-7-15(20(25)26)28-9-11/h3-7,9-10,13H,8H2,1-2H3,(H,18,22)/t13-/m1/s1. The maximum absolute atomic E-state index is 12.5. The number of para-hydroxylation sites is 1. The maximum Gasteiger partial charge on any atom is 0.324 e. The first-order valence-corrected chi connectivity index (χ1v) is 9.03. The van der Waals surface area contributed by atoms with Crippen molar-refractivity contribution in [1.82, 2.24) is 5.32 Å². The SMILES string of the molecule is CC(C)OC(=O)C[C@@H](NC(=O)c1csc([N+](=O)[O-])c1)c1ccccc1[N+](=O)[O-]. The van der Waals surface area contributed by atoms with Gasteiger partial charge in [-0.3, -0.25) is 29.8 Å². The molecule has 0 saturated heterocycles. The fraction of sp³-hybridized carbons (Fsp3) is 0.294. The average Bonchev–Trinajstić information content (AvgIpc) is 3.11. The molecule has 11 heteroatoms. The molecule has 1 aromatic heterocycles. The average molecular weight is 407 g/mol. The van der Waals surface area contributed by atoms with Crippen LogP contribution < -0.4 is 5.32 Å². The lowest BCUT2D eigenvalue weighted by molar-refractivity contribution is -0.385. The normalized spacial score (nSPS) is 11.7. The van der Waals surface area contributed by atoms with Crippen LogP contribution in [0.2, 0.25) is 0 Å². The summed E-state index contributed by atoms with van der Waals surface area (Å²) in [5.74, 6) is -1.33. The zero-order valence-corrected chi connectivity index (χ0v) is 15.8. The highest BCUT2D eigenvalue weighted by molar-refractivity contribution is 7.13. The fourth-order valence-electron chi connectivity index (χ4n) is 2.45. The number of hydrogen-bond donors (Lipinski definition) is 1. The minimum absolute atomic E-state index is 0.0255. The van der Waals surface area contributed by atoms with Crippen LogP contribution in [0, 0.1) is 20.2 Å². The second-order valence-electron chi connectivity index (χ2n) is 6.02. The number of ether oxygens (including phenoxy) is 1. The van der Waals surface area contributed by atoms with E-state index >= 15 is 0 Å². The number of nitro groups is 2. The summed E-state index contributed by atoms with van der Waals surface area (Å²) in [5, 5.41) is 25.8. The number of hydrogen-bond acceptors (Lipinski definition) is 8. The smallest absolute Gasteiger partial charge is 0.324 e. The van der Waals surface area contributed by atoms with Crippen molar-refractivity contribution < 1.29 is 24.2 Å². The van der Waals surface area contributed by atoms with Crippen LogP contribution in [0.1, 0.15) is 42.2 Å². The number of benzene rings is 1. The topological polar surface area (TPSA) is 142 Å². The second-order valence-corrected chi connectivity index (χ2v) is 6.91. The van der Waals surface area contributed by atoms with Crippen molar-refractivity contribution in [2.24, 2.45) is 0 Å². The summed E-state index contributed by atoms with van der Waals surface area (Å²) in [7, 11) is 0. The van der Waals surface area contributed by atoms with Crippen molar-refractivity contribution >= 4 is 33.9 Å². The Morgan fingerprint density at radius 3 is 2.43 bits per heavy atom. The highest BCUT2D eigenvalue weighted by Gasteiger charge is 2.27. The molecule has 10 nitrogen and oxygen atoms in total. The number of esters is 1. The quantitative estimate of drug-likeness (QED) is 0.401. The fourth-order valence-corrected chi connectivity index (χ4v) is 3.15. The van der Waals surface area contributed by atoms with Gasteiger partial charge in [0.1, 0.15) is 0 Å². The number of nitro benzene ring substituents is 1. The Labute approximate surface area is 163 Å². The molecule has 1 aromatic carbocycles. The molecular weight excluding hydrogens is 390 g/mol. The van der Waals surface area contributed by atoms with Gasteiger partial charge < -0.3 is 10.1 Å². The maximum atomic E-state index is 12.5. The molecule has 1 atom stereocenters. The molecule has 0 saturated carbocycles. The second kappa shape index (κ2) is 9.04. The van der Waals surface area contributed by atoms with Gasteiger partial charge in [0.25, 0.3) is 11.6 Å². The van der Waals surface area contributed by atoms with Gasteiger partial charge in [-0.15, -0.1) is 0 Å². The van der Waals surface area contributed by atoms with E-state index in [2.05, 4.69) is 5.32 Å². The van der Waals surface area contributed by atoms with Crippen molar-refractivity contribution in [2.75, 3.05) is 0 Å². The van der Waals surface area contributed by atoms with Crippen LogP contribution in [-0.2, 0) is 9.53 Å². The van der Waals surface area contributed by atoms with Crippen molar-refractivity contribution in [3.8, 4) is 0 Å². The lowest BCUT2D eigenvalue weighted by Crippen LogP contribution is -2.31. The van der Waals surface area contributed by atoms with Crippen LogP contribution in [0.3, 0.4) is 0 Å². The van der Waals surface area contributed by atoms with Crippen LogP contribution in [-0.4, -0.2) is 27.8 Å². The number of thiophene rings is 1. The van der Waals surface area contributed by atoms with E-state index in [-0.39, 0.29) is 28.2 Å². The molecule has 0 unspecified atom stereocenters. The molecular formula is C17H17N3O7S. The highest BCUT2D eigenvalue weighted by Crippen LogP contribution is 2.29. The summed E-state index contributed by atoms with van der Waals surface area (Å²) in [4.78, 5) is 45.5. The highest BCUT2D eigenvalue weighted by atomic mass is 32.1. The number of rotatable bonds is 8. The van der Waals surface area contributed by atoms with Crippen molar-refractivity contribution in [2.45, 2.75) is 32.4 Å². The van der Waals surface area contributed by atoms with Gasteiger partial charge in [0, 0.05) is 17.5 Å². The Hall–Kier alpha value is -3.34. The van der Waals surface area contributed by atoms with E-state index in [0.717, 1.165) is 17.4 Å². The van der Waals surface area contributed by atoms with E-state index in [9.17, 15) is 29.8 Å². The van der Waals surface area contributed by atoms with Crippen LogP contribution >= 0.6 is 11.3 Å². The van der Waals surface area contributed by atoms with E-state index in [1.54, 1.807) is 19.9 Å². The van der Waals surface area contributed by atoms with Gasteiger partial charge in [-0.05, 0) is 13.8 Å². The van der Waals surface area contributed by atoms with Crippen molar-refractivity contribution in [1.29, 1.82) is 0 Å². The summed E-state index contributed by atoms with van der Waals surface area (Å²) in [6.45, 7) is 3.31. The third-order valence-corrected chi connectivity index (χ3v) is 4.46. The summed E-state index contributed by atoms with van der Waals surface area (Å²) >= 11 is 0.779. The number of nitrogens with one attached hydrogen (secondary N) is 1. The van der Waals surface area contributed by atoms with E-state index in [0.29, 0.717) is 0 Å². The minimum atomic E-state index is -1.04. The van der Waals surface area contributed by atoms with E-state index in [1.165, 1.54) is 23.6 Å². The predicted octanol–water partition coefficient (Wildman–Crippen LogP) is 3.38. The molecule has 0 bridgehead atoms. The van der Waals surface area contributed by atoms with Gasteiger partial charge in [-0.1, -0.05) is 29.5 Å². The number of amides is 1. The lowest BCUT2D eigenvalue weighted by atomic mass is 10.0. The number of nitrogens with zero attached hydrogens (tertiary/aromatic N) is 2. The van der Waals surface area contributed by atoms with Crippen LogP contribution in [0.25, 0.3) is 0 Å². The molecule has 2 rings (SSSR count). The molecule has 0 spiro atoms. The van der Waals surface area contributed by atoms with E-state index in [1.807, 2.05) is 0 Å². The van der Waals surface area contributed by atoms with E-state index < -0.39 is 33.9 Å². The molecule has 1 N–H and O–H groups in total. The molecule has 0 fully saturated rings. The Morgan fingerprint density at radius 2 is 1.86 bits per heavy atom. The molecule has 0 radical (unpaired) electrons. The minimum Gasteiger partial charge on any atom is -0.463 e. The van der Waals surface area contributed by atoms with Gasteiger partial charge in [0.2, 0.25) is 0 Å². The van der Waals surface area contributed by atoms with Gasteiger partial charge in [-0.2, -0.15) is 0 Å². The van der Waals surface area contributed by atoms with Gasteiger partial charge in [0.05, 0.1) is 39.5 Å².